The van der Waals surface area contributed by atoms with Gasteiger partial charge in [0.1, 0.15) is 0 Å². The van der Waals surface area contributed by atoms with E-state index in [1.807, 2.05) is 35.3 Å². The van der Waals surface area contributed by atoms with E-state index in [1.54, 1.807) is 0 Å². The topological polar surface area (TPSA) is 0 Å². The lowest BCUT2D eigenvalue weighted by Gasteiger charge is -2.29. The van der Waals surface area contributed by atoms with Gasteiger partial charge in [-0.15, -0.1) is 0 Å². The first-order chi connectivity index (χ1) is 9.68. The molecule has 0 unspecified atom stereocenters. The highest BCUT2D eigenvalue weighted by Crippen LogP contribution is 2.31. The Kier molecular flexibility index (Phi) is 17.7. The van der Waals surface area contributed by atoms with E-state index in [1.165, 1.54) is 51.8 Å². The summed E-state index contributed by atoms with van der Waals surface area (Å²) in [4.78, 5) is 0. The summed E-state index contributed by atoms with van der Waals surface area (Å²) in [5.74, 6) is 11.8. The molecule has 0 amide bonds. The van der Waals surface area contributed by atoms with E-state index in [9.17, 15) is 0 Å². The molecule has 20 heavy (non-hydrogen) atoms. The lowest BCUT2D eigenvalue weighted by Crippen LogP contribution is -2.27. The van der Waals surface area contributed by atoms with Gasteiger partial charge in [0.05, 0.1) is 0 Å². The van der Waals surface area contributed by atoms with Crippen LogP contribution in [0.3, 0.4) is 0 Å². The number of rotatable bonds is 15. The van der Waals surface area contributed by atoms with Gasteiger partial charge in [0.15, 0.2) is 0 Å². The van der Waals surface area contributed by atoms with Crippen LogP contribution in [0.25, 0.3) is 0 Å². The van der Waals surface area contributed by atoms with E-state index >= 15 is 0 Å². The van der Waals surface area contributed by atoms with E-state index in [0.717, 1.165) is 0 Å². The predicted molar refractivity (Wildman–Crippen MR) is 115 cm³/mol. The maximum Gasteiger partial charge on any atom is 0.00236 e. The molecular weight excluding hydrogens is 361 g/mol. The van der Waals surface area contributed by atoms with Crippen molar-refractivity contribution in [3.63, 3.8) is 0 Å². The number of hydrogen-bond acceptors (Lipinski definition) is 6. The largest absolute Gasteiger partial charge is 0.165 e. The Hall–Kier alpha value is 2.10. The molecule has 0 aliphatic rings. The normalized spacial score (nSPS) is 12.0. The van der Waals surface area contributed by atoms with Crippen LogP contribution in [0.15, 0.2) is 0 Å². The van der Waals surface area contributed by atoms with Crippen molar-refractivity contribution in [3.05, 3.63) is 0 Å². The van der Waals surface area contributed by atoms with E-state index < -0.39 is 0 Å². The van der Waals surface area contributed by atoms with Crippen molar-refractivity contribution < 1.29 is 0 Å². The van der Waals surface area contributed by atoms with Crippen molar-refractivity contribution in [1.29, 1.82) is 0 Å². The molecule has 0 fully saturated rings. The summed E-state index contributed by atoms with van der Waals surface area (Å²) in [7, 11) is 0. The molecule has 0 aromatic carbocycles. The minimum Gasteiger partial charge on any atom is -0.165 e. The summed E-state index contributed by atoms with van der Waals surface area (Å²) >= 11 is 12.4. The van der Waals surface area contributed by atoms with Crippen LogP contribution in [0.4, 0.5) is 0 Å². The van der Waals surface area contributed by atoms with Crippen LogP contribution in [0.2, 0.25) is 0 Å². The molecule has 0 radical (unpaired) electrons. The van der Waals surface area contributed by atoms with Crippen molar-refractivity contribution in [2.75, 3.05) is 70.5 Å². The Morgan fingerprint density at radius 2 is 0.850 bits per heavy atom. The van der Waals surface area contributed by atoms with E-state index in [-0.39, 0.29) is 0 Å². The first-order valence-electron chi connectivity index (χ1n) is 6.88. The van der Waals surface area contributed by atoms with Gasteiger partial charge in [0.25, 0.3) is 0 Å². The first kappa shape index (κ1) is 22.1. The van der Waals surface area contributed by atoms with Gasteiger partial charge in [-0.3, -0.25) is 0 Å². The van der Waals surface area contributed by atoms with Crippen LogP contribution in [-0.4, -0.2) is 70.5 Å². The molecule has 0 nitrogen and oxygen atoms in total. The summed E-state index contributed by atoms with van der Waals surface area (Å²) < 4.78 is 0. The SMILES string of the molecule is CSCCSCC(C)(CSCCSC)CSCCSC. The van der Waals surface area contributed by atoms with Crippen molar-refractivity contribution in [3.8, 4) is 0 Å². The molecule has 0 N–H and O–H groups in total. The highest BCUT2D eigenvalue weighted by molar-refractivity contribution is 8.04. The zero-order chi connectivity index (χ0) is 15.1. The third kappa shape index (κ3) is 13.7. The van der Waals surface area contributed by atoms with Crippen molar-refractivity contribution in [1.82, 2.24) is 0 Å². The molecule has 0 aromatic heterocycles. The Bertz CT molecular complexity index is 169. The van der Waals surface area contributed by atoms with Crippen LogP contribution >= 0.6 is 70.6 Å². The molecule has 6 heteroatoms. The fourth-order valence-electron chi connectivity index (χ4n) is 1.51. The molecule has 0 aliphatic carbocycles. The maximum atomic E-state index is 2.50. The second-order valence-electron chi connectivity index (χ2n) is 4.95. The highest BCUT2D eigenvalue weighted by Gasteiger charge is 2.24. The van der Waals surface area contributed by atoms with Crippen LogP contribution in [0.1, 0.15) is 6.92 Å². The van der Waals surface area contributed by atoms with Crippen LogP contribution < -0.4 is 0 Å². The zero-order valence-electron chi connectivity index (χ0n) is 13.3. The van der Waals surface area contributed by atoms with Crippen LogP contribution in [0.5, 0.6) is 0 Å². The lowest BCUT2D eigenvalue weighted by molar-refractivity contribution is 0.504. The minimum absolute atomic E-state index is 0.509. The van der Waals surface area contributed by atoms with E-state index in [2.05, 4.69) is 61.0 Å². The summed E-state index contributed by atoms with van der Waals surface area (Å²) in [6.07, 6.45) is 6.61. The average Bonchev–Trinajstić information content (AvgIpc) is 2.45. The van der Waals surface area contributed by atoms with Gasteiger partial charge in [-0.1, -0.05) is 6.92 Å². The molecule has 122 valence electrons. The highest BCUT2D eigenvalue weighted by atomic mass is 32.2. The Morgan fingerprint density at radius 1 is 0.550 bits per heavy atom. The van der Waals surface area contributed by atoms with Gasteiger partial charge in [-0.2, -0.15) is 70.6 Å². The van der Waals surface area contributed by atoms with E-state index in [4.69, 9.17) is 0 Å². The lowest BCUT2D eigenvalue weighted by atomic mass is 9.99. The van der Waals surface area contributed by atoms with Gasteiger partial charge >= 0.3 is 0 Å². The molecular formula is C14H30S6. The quantitative estimate of drug-likeness (QED) is 0.346. The summed E-state index contributed by atoms with van der Waals surface area (Å²) in [5.41, 5.74) is 0.509. The molecule has 0 atom stereocenters. The standard InChI is InChI=1S/C14H30S6/c1-14(11-18-8-5-15-2,12-19-9-6-16-3)13-20-10-7-17-4/h5-13H2,1-4H3. The molecule has 0 heterocycles. The average molecular weight is 391 g/mol. The van der Waals surface area contributed by atoms with Gasteiger partial charge in [0, 0.05) is 51.8 Å². The summed E-state index contributed by atoms with van der Waals surface area (Å²) in [6, 6.07) is 0. The third-order valence-corrected chi connectivity index (χ3v) is 9.44. The molecule has 0 bridgehead atoms. The maximum absolute atomic E-state index is 2.50. The Balaban J connectivity index is 3.98. The van der Waals surface area contributed by atoms with Gasteiger partial charge in [-0.25, -0.2) is 0 Å². The molecule has 0 saturated heterocycles. The molecule has 0 saturated carbocycles. The second-order valence-corrected chi connectivity index (χ2v) is 11.2. The minimum atomic E-state index is 0.509. The molecule has 0 aliphatic heterocycles. The first-order valence-corrected chi connectivity index (χ1v) is 14.5. The zero-order valence-corrected chi connectivity index (χ0v) is 18.2. The predicted octanol–water partition coefficient (Wildman–Crippen LogP) is 5.28. The van der Waals surface area contributed by atoms with Gasteiger partial charge in [-0.05, 0) is 24.2 Å². The summed E-state index contributed by atoms with van der Waals surface area (Å²) in [6.45, 7) is 2.50. The van der Waals surface area contributed by atoms with Crippen LogP contribution in [-0.2, 0) is 0 Å². The fourth-order valence-corrected chi connectivity index (χ4v) is 7.83. The second kappa shape index (κ2) is 16.0. The fraction of sp³-hybridized carbons (Fsp3) is 1.00. The molecule has 0 spiro atoms. The van der Waals surface area contributed by atoms with Crippen molar-refractivity contribution in [2.24, 2.45) is 5.41 Å². The number of thioether (sulfide) groups is 6. The Morgan fingerprint density at radius 3 is 1.10 bits per heavy atom. The Labute approximate surface area is 152 Å². The van der Waals surface area contributed by atoms with Crippen LogP contribution in [0, 0.1) is 5.41 Å². The monoisotopic (exact) mass is 390 g/mol. The smallest absolute Gasteiger partial charge is 0.00236 e. The molecule has 0 aromatic rings. The molecule has 0 rings (SSSR count). The van der Waals surface area contributed by atoms with E-state index in [0.29, 0.717) is 5.41 Å². The van der Waals surface area contributed by atoms with Crippen molar-refractivity contribution in [2.45, 2.75) is 6.92 Å². The third-order valence-electron chi connectivity index (χ3n) is 2.65. The van der Waals surface area contributed by atoms with Gasteiger partial charge in [0.2, 0.25) is 0 Å². The number of hydrogen-bond donors (Lipinski definition) is 0. The summed E-state index contributed by atoms with van der Waals surface area (Å²) in [5, 5.41) is 0. The van der Waals surface area contributed by atoms with Crippen molar-refractivity contribution >= 4 is 70.6 Å². The van der Waals surface area contributed by atoms with Gasteiger partial charge < -0.3 is 0 Å².